The average Bonchev–Trinajstić information content (AvgIpc) is 2.79. The van der Waals surface area contributed by atoms with Crippen molar-refractivity contribution in [2.45, 2.75) is 12.8 Å². The fraction of sp³-hybridized carbons (Fsp3) is 0.231. The van der Waals surface area contributed by atoms with Crippen molar-refractivity contribution in [3.8, 4) is 17.2 Å². The Bertz CT molecular complexity index is 1100. The van der Waals surface area contributed by atoms with Gasteiger partial charge < -0.3 is 19.3 Å². The zero-order chi connectivity index (χ0) is 20.6. The van der Waals surface area contributed by atoms with Crippen molar-refractivity contribution < 1.29 is 19.3 Å². The summed E-state index contributed by atoms with van der Waals surface area (Å²) in [6.07, 6.45) is 1.34. The van der Waals surface area contributed by atoms with Crippen molar-refractivity contribution in [1.29, 1.82) is 0 Å². The molecule has 1 N–H and O–H groups in total. The monoisotopic (exact) mass is 402 g/mol. The number of aliphatic hydroxyl groups is 1. The molecule has 4 rings (SSSR count). The van der Waals surface area contributed by atoms with E-state index in [1.807, 2.05) is 48.5 Å². The Balaban J connectivity index is 1.37. The van der Waals surface area contributed by atoms with Gasteiger partial charge in [0, 0.05) is 24.8 Å². The van der Waals surface area contributed by atoms with Crippen LogP contribution in [0.1, 0.15) is 12.8 Å². The van der Waals surface area contributed by atoms with Gasteiger partial charge in [-0.3, -0.25) is 0 Å². The highest BCUT2D eigenvalue weighted by molar-refractivity contribution is 5.88. The van der Waals surface area contributed by atoms with Crippen molar-refractivity contribution >= 4 is 21.5 Å². The Labute approximate surface area is 176 Å². The second-order valence-corrected chi connectivity index (χ2v) is 7.10. The van der Waals surface area contributed by atoms with E-state index in [9.17, 15) is 0 Å². The van der Waals surface area contributed by atoms with Crippen molar-refractivity contribution in [2.24, 2.45) is 0 Å². The van der Waals surface area contributed by atoms with Gasteiger partial charge in [0.1, 0.15) is 5.75 Å². The minimum absolute atomic E-state index is 0.106. The molecule has 0 aromatic heterocycles. The van der Waals surface area contributed by atoms with Gasteiger partial charge in [-0.2, -0.15) is 0 Å². The molecule has 0 radical (unpaired) electrons. The summed E-state index contributed by atoms with van der Waals surface area (Å²) >= 11 is 0. The van der Waals surface area contributed by atoms with Gasteiger partial charge in [0.15, 0.2) is 11.5 Å². The van der Waals surface area contributed by atoms with Crippen LogP contribution in [0.2, 0.25) is 0 Å². The van der Waals surface area contributed by atoms with E-state index in [0.717, 1.165) is 34.1 Å². The number of hydrogen-bond acceptors (Lipinski definition) is 4. The van der Waals surface area contributed by atoms with Crippen LogP contribution in [0.4, 0.5) is 0 Å². The van der Waals surface area contributed by atoms with Gasteiger partial charge in [-0.15, -0.1) is 0 Å². The lowest BCUT2D eigenvalue weighted by Gasteiger charge is -2.14. The molecule has 4 nitrogen and oxygen atoms in total. The molecule has 0 aliphatic carbocycles. The van der Waals surface area contributed by atoms with Crippen LogP contribution in [0.25, 0.3) is 21.5 Å². The number of ether oxygens (including phenoxy) is 3. The molecule has 0 aliphatic heterocycles. The lowest BCUT2D eigenvalue weighted by atomic mass is 10.1. The Morgan fingerprint density at radius 3 is 1.73 bits per heavy atom. The third-order valence-corrected chi connectivity index (χ3v) is 4.93. The normalized spacial score (nSPS) is 11.0. The molecule has 0 spiro atoms. The van der Waals surface area contributed by atoms with Gasteiger partial charge >= 0.3 is 0 Å². The van der Waals surface area contributed by atoms with Crippen molar-refractivity contribution in [2.75, 3.05) is 26.4 Å². The molecule has 0 unspecified atom stereocenters. The van der Waals surface area contributed by atoms with Crippen LogP contribution in [0.15, 0.2) is 78.9 Å². The highest BCUT2D eigenvalue weighted by Gasteiger charge is 2.08. The van der Waals surface area contributed by atoms with Crippen LogP contribution >= 0.6 is 0 Å². The van der Waals surface area contributed by atoms with Crippen molar-refractivity contribution in [1.82, 2.24) is 0 Å². The third kappa shape index (κ3) is 4.84. The second kappa shape index (κ2) is 9.99. The summed E-state index contributed by atoms with van der Waals surface area (Å²) in [5.41, 5.74) is 0. The zero-order valence-electron chi connectivity index (χ0n) is 16.9. The van der Waals surface area contributed by atoms with Crippen molar-refractivity contribution in [3.63, 3.8) is 0 Å². The smallest absolute Gasteiger partial charge is 0.161 e. The number of rotatable bonds is 10. The first kappa shape index (κ1) is 20.0. The molecule has 0 saturated heterocycles. The Morgan fingerprint density at radius 1 is 0.533 bits per heavy atom. The maximum Gasteiger partial charge on any atom is 0.161 e. The quantitative estimate of drug-likeness (QED) is 0.351. The van der Waals surface area contributed by atoms with Crippen LogP contribution < -0.4 is 14.2 Å². The standard InChI is InChI=1S/C26H26O4/c27-14-6-15-29-25-18-21-9-1-2-10-22(21)19-26(25)30-17-7-16-28-24-13-5-11-20-8-3-4-12-23(20)24/h1-5,8-13,18-19,27H,6-7,14-17H2. The SMILES string of the molecule is OCCCOc1cc2ccccc2cc1OCCCOc1cccc2ccccc12. The van der Waals surface area contributed by atoms with Crippen LogP contribution in [-0.2, 0) is 0 Å². The van der Waals surface area contributed by atoms with E-state index < -0.39 is 0 Å². The first-order valence-electron chi connectivity index (χ1n) is 10.3. The summed E-state index contributed by atoms with van der Waals surface area (Å²) < 4.78 is 17.9. The van der Waals surface area contributed by atoms with E-state index >= 15 is 0 Å². The first-order chi connectivity index (χ1) is 14.8. The van der Waals surface area contributed by atoms with Crippen LogP contribution in [-0.4, -0.2) is 31.5 Å². The number of hydrogen-bond donors (Lipinski definition) is 1. The van der Waals surface area contributed by atoms with E-state index in [4.69, 9.17) is 19.3 Å². The summed E-state index contributed by atoms with van der Waals surface area (Å²) in [5, 5.41) is 13.5. The van der Waals surface area contributed by atoms with Crippen LogP contribution in [0.5, 0.6) is 17.2 Å². The summed E-state index contributed by atoms with van der Waals surface area (Å²) in [7, 11) is 0. The van der Waals surface area contributed by atoms with E-state index in [0.29, 0.717) is 32.0 Å². The van der Waals surface area contributed by atoms with Gasteiger partial charge in [0.25, 0.3) is 0 Å². The predicted octanol–water partition coefficient (Wildman–Crippen LogP) is 5.60. The maximum atomic E-state index is 9.02. The lowest BCUT2D eigenvalue weighted by Crippen LogP contribution is -2.07. The average molecular weight is 402 g/mol. The molecule has 4 aromatic rings. The maximum absolute atomic E-state index is 9.02. The summed E-state index contributed by atoms with van der Waals surface area (Å²) in [6, 6.07) is 26.4. The molecule has 154 valence electrons. The Hall–Kier alpha value is -3.24. The highest BCUT2D eigenvalue weighted by atomic mass is 16.5. The molecule has 0 heterocycles. The van der Waals surface area contributed by atoms with Crippen molar-refractivity contribution in [3.05, 3.63) is 78.9 Å². The molecule has 30 heavy (non-hydrogen) atoms. The fourth-order valence-electron chi connectivity index (χ4n) is 3.42. The van der Waals surface area contributed by atoms with Gasteiger partial charge in [0.05, 0.1) is 19.8 Å². The molecule has 0 amide bonds. The minimum atomic E-state index is 0.106. The van der Waals surface area contributed by atoms with Crippen LogP contribution in [0.3, 0.4) is 0 Å². The third-order valence-electron chi connectivity index (χ3n) is 4.93. The van der Waals surface area contributed by atoms with Gasteiger partial charge in [-0.05, 0) is 34.4 Å². The molecular formula is C26H26O4. The first-order valence-corrected chi connectivity index (χ1v) is 10.3. The molecule has 0 bridgehead atoms. The summed E-state index contributed by atoms with van der Waals surface area (Å²) in [4.78, 5) is 0. The number of fused-ring (bicyclic) bond motifs is 2. The number of benzene rings is 4. The van der Waals surface area contributed by atoms with E-state index in [2.05, 4.69) is 30.3 Å². The predicted molar refractivity (Wildman–Crippen MR) is 121 cm³/mol. The van der Waals surface area contributed by atoms with E-state index in [1.54, 1.807) is 0 Å². The molecule has 4 aromatic carbocycles. The minimum Gasteiger partial charge on any atom is -0.493 e. The van der Waals surface area contributed by atoms with E-state index in [-0.39, 0.29) is 6.61 Å². The highest BCUT2D eigenvalue weighted by Crippen LogP contribution is 2.33. The van der Waals surface area contributed by atoms with Gasteiger partial charge in [0.2, 0.25) is 0 Å². The zero-order valence-corrected chi connectivity index (χ0v) is 16.9. The number of aliphatic hydroxyl groups excluding tert-OH is 1. The lowest BCUT2D eigenvalue weighted by molar-refractivity contribution is 0.216. The summed E-state index contributed by atoms with van der Waals surface area (Å²) in [6.45, 7) is 1.66. The molecule has 0 fully saturated rings. The van der Waals surface area contributed by atoms with Gasteiger partial charge in [-0.1, -0.05) is 60.7 Å². The molecule has 4 heteroatoms. The van der Waals surface area contributed by atoms with Crippen LogP contribution in [0, 0.1) is 0 Å². The molecule has 0 aliphatic rings. The van der Waals surface area contributed by atoms with E-state index in [1.165, 1.54) is 5.39 Å². The molecule has 0 atom stereocenters. The Kier molecular flexibility index (Phi) is 6.68. The largest absolute Gasteiger partial charge is 0.493 e. The second-order valence-electron chi connectivity index (χ2n) is 7.10. The summed E-state index contributed by atoms with van der Waals surface area (Å²) in [5.74, 6) is 2.32. The molecule has 0 saturated carbocycles. The topological polar surface area (TPSA) is 47.9 Å². The fourth-order valence-corrected chi connectivity index (χ4v) is 3.42. The molecular weight excluding hydrogens is 376 g/mol. The Morgan fingerprint density at radius 2 is 1.07 bits per heavy atom. The van der Waals surface area contributed by atoms with Gasteiger partial charge in [-0.25, -0.2) is 0 Å².